The summed E-state index contributed by atoms with van der Waals surface area (Å²) in [7, 11) is -6.67. The fourth-order valence-corrected chi connectivity index (χ4v) is 12.4. The molecule has 4 aromatic rings. The van der Waals surface area contributed by atoms with Crippen molar-refractivity contribution in [3.63, 3.8) is 0 Å². The van der Waals surface area contributed by atoms with Crippen molar-refractivity contribution in [3.8, 4) is 5.69 Å². The third kappa shape index (κ3) is 5.93. The first-order valence-electron chi connectivity index (χ1n) is 14.5. The zero-order valence-corrected chi connectivity index (χ0v) is 27.3. The van der Waals surface area contributed by atoms with Crippen molar-refractivity contribution in [2.45, 2.75) is 63.9 Å². The topological polar surface area (TPSA) is 109 Å². The van der Waals surface area contributed by atoms with Crippen LogP contribution in [0.25, 0.3) is 5.69 Å². The molecule has 0 radical (unpaired) electrons. The Kier molecular flexibility index (Phi) is 8.69. The third-order valence-electron chi connectivity index (χ3n) is 8.18. The Morgan fingerprint density at radius 2 is 1.44 bits per heavy atom. The molecule has 11 heteroatoms. The van der Waals surface area contributed by atoms with Gasteiger partial charge in [0.2, 0.25) is 9.84 Å². The first-order valence-corrected chi connectivity index (χ1v) is 18.1. The van der Waals surface area contributed by atoms with Crippen LogP contribution in [-0.4, -0.2) is 60.6 Å². The number of hydrogen-bond donors (Lipinski definition) is 0. The van der Waals surface area contributed by atoms with E-state index in [4.69, 9.17) is 9.26 Å². The summed E-state index contributed by atoms with van der Waals surface area (Å²) in [5.74, 6) is -0.793. The summed E-state index contributed by atoms with van der Waals surface area (Å²) < 4.78 is 35.5. The van der Waals surface area contributed by atoms with Crippen molar-refractivity contribution in [1.29, 1.82) is 0 Å². The summed E-state index contributed by atoms with van der Waals surface area (Å²) in [6.45, 7) is 12.6. The first kappa shape index (κ1) is 30.8. The normalized spacial score (nSPS) is 19.0. The molecule has 9 nitrogen and oxygen atoms in total. The van der Waals surface area contributed by atoms with Crippen LogP contribution < -0.4 is 10.4 Å². The standard InChI is InChI=1S/C32H39N5O4SSi/c1-23(22-42(38,39)31-33-35-36-37(31)26-16-10-7-11-17-26)29-24(2)30(40-34-29)25(3)41-43(32(4,5)6,27-18-12-8-13-19-27)28-20-14-9-15-21-28/h7-21,23-25,30H,22H2,1-6H3/t23-,24-,25+,30+/m0/s1. The molecule has 226 valence electrons. The number of para-hydroxylation sites is 1. The van der Waals surface area contributed by atoms with Crippen molar-refractivity contribution in [2.24, 2.45) is 17.0 Å². The Morgan fingerprint density at radius 1 is 0.907 bits per heavy atom. The number of aromatic nitrogens is 4. The summed E-state index contributed by atoms with van der Waals surface area (Å²) >= 11 is 0. The van der Waals surface area contributed by atoms with Crippen LogP contribution in [0.2, 0.25) is 5.04 Å². The average Bonchev–Trinajstić information content (AvgIpc) is 3.64. The fourth-order valence-electron chi connectivity index (χ4n) is 6.13. The highest BCUT2D eigenvalue weighted by atomic mass is 32.2. The Balaban J connectivity index is 1.38. The van der Waals surface area contributed by atoms with E-state index in [2.05, 4.69) is 90.0 Å². The molecule has 0 saturated carbocycles. The van der Waals surface area contributed by atoms with Gasteiger partial charge in [0.1, 0.15) is 0 Å². The number of rotatable bonds is 10. The van der Waals surface area contributed by atoms with Crippen molar-refractivity contribution in [2.75, 3.05) is 5.75 Å². The Labute approximate surface area is 255 Å². The van der Waals surface area contributed by atoms with Crippen LogP contribution >= 0.6 is 0 Å². The molecule has 4 atom stereocenters. The van der Waals surface area contributed by atoms with E-state index in [0.717, 1.165) is 0 Å². The number of nitrogens with zero attached hydrogens (tertiary/aromatic N) is 5. The molecule has 0 unspecified atom stereocenters. The number of hydrogen-bond acceptors (Lipinski definition) is 8. The predicted molar refractivity (Wildman–Crippen MR) is 170 cm³/mol. The quantitative estimate of drug-likeness (QED) is 0.242. The molecule has 0 N–H and O–H groups in total. The summed E-state index contributed by atoms with van der Waals surface area (Å²) in [6.07, 6.45) is -0.701. The molecular formula is C32H39N5O4SSi. The molecule has 2 heterocycles. The van der Waals surface area contributed by atoms with Gasteiger partial charge in [0, 0.05) is 11.8 Å². The van der Waals surface area contributed by atoms with E-state index >= 15 is 0 Å². The van der Waals surface area contributed by atoms with Crippen molar-refractivity contribution >= 4 is 34.2 Å². The van der Waals surface area contributed by atoms with Crippen LogP contribution in [0.4, 0.5) is 0 Å². The van der Waals surface area contributed by atoms with Gasteiger partial charge in [0.25, 0.3) is 13.5 Å². The number of sulfone groups is 1. The zero-order chi connectivity index (χ0) is 30.8. The van der Waals surface area contributed by atoms with Crippen LogP contribution in [0.3, 0.4) is 0 Å². The lowest BCUT2D eigenvalue weighted by molar-refractivity contribution is -0.0169. The van der Waals surface area contributed by atoms with Gasteiger partial charge < -0.3 is 9.26 Å². The molecule has 0 amide bonds. The minimum absolute atomic E-state index is 0.163. The molecule has 43 heavy (non-hydrogen) atoms. The first-order chi connectivity index (χ1) is 20.5. The highest BCUT2D eigenvalue weighted by Gasteiger charge is 2.53. The van der Waals surface area contributed by atoms with E-state index in [9.17, 15) is 8.42 Å². The van der Waals surface area contributed by atoms with Gasteiger partial charge in [0.15, 0.2) is 6.10 Å². The second kappa shape index (κ2) is 12.1. The van der Waals surface area contributed by atoms with E-state index < -0.39 is 24.1 Å². The molecule has 1 aliphatic heterocycles. The average molecular weight is 618 g/mol. The number of oxime groups is 1. The summed E-state index contributed by atoms with van der Waals surface area (Å²) in [6, 6.07) is 29.9. The van der Waals surface area contributed by atoms with E-state index in [1.807, 2.05) is 39.0 Å². The van der Waals surface area contributed by atoms with Gasteiger partial charge in [-0.05, 0) is 44.9 Å². The van der Waals surface area contributed by atoms with Crippen molar-refractivity contribution < 1.29 is 17.7 Å². The smallest absolute Gasteiger partial charge is 0.272 e. The number of benzene rings is 3. The molecular weight excluding hydrogens is 579 g/mol. The van der Waals surface area contributed by atoms with Crippen LogP contribution in [0.1, 0.15) is 41.5 Å². The van der Waals surface area contributed by atoms with Crippen molar-refractivity contribution in [3.05, 3.63) is 91.0 Å². The molecule has 3 aromatic carbocycles. The Morgan fingerprint density at radius 3 is 1.98 bits per heavy atom. The SMILES string of the molecule is C[C@@H](CS(=O)(=O)c1nnnn1-c1ccccc1)C1=NO[C@@H]([C@@H](C)O[Si](c2ccccc2)(c2ccccc2)C(C)(C)C)[C@H]1C. The zero-order valence-electron chi connectivity index (χ0n) is 25.5. The maximum Gasteiger partial charge on any atom is 0.272 e. The van der Waals surface area contributed by atoms with Crippen LogP contribution in [0.15, 0.2) is 101 Å². The summed E-state index contributed by atoms with van der Waals surface area (Å²) in [5, 5.41) is 17.8. The monoisotopic (exact) mass is 617 g/mol. The molecule has 0 aliphatic carbocycles. The highest BCUT2D eigenvalue weighted by molar-refractivity contribution is 7.91. The maximum atomic E-state index is 13.5. The van der Waals surface area contributed by atoms with Gasteiger partial charge in [0.05, 0.1) is 23.3 Å². The van der Waals surface area contributed by atoms with E-state index in [1.54, 1.807) is 24.3 Å². The lowest BCUT2D eigenvalue weighted by Gasteiger charge is -2.45. The summed E-state index contributed by atoms with van der Waals surface area (Å²) in [5.41, 5.74) is 1.26. The van der Waals surface area contributed by atoms with Gasteiger partial charge in [-0.3, -0.25) is 0 Å². The molecule has 0 bridgehead atoms. The van der Waals surface area contributed by atoms with Gasteiger partial charge in [-0.2, -0.15) is 4.68 Å². The molecule has 0 saturated heterocycles. The molecule has 5 rings (SSSR count). The number of tetrazole rings is 1. The van der Waals surface area contributed by atoms with E-state index in [-0.39, 0.29) is 34.1 Å². The third-order valence-corrected chi connectivity index (χ3v) is 15.1. The second-order valence-electron chi connectivity index (χ2n) is 12.3. The Bertz CT molecular complexity index is 1620. The van der Waals surface area contributed by atoms with E-state index in [1.165, 1.54) is 15.1 Å². The minimum Gasteiger partial charge on any atom is -0.401 e. The molecule has 0 fully saturated rings. The van der Waals surface area contributed by atoms with Crippen LogP contribution in [-0.2, 0) is 19.1 Å². The highest BCUT2D eigenvalue weighted by Crippen LogP contribution is 2.39. The van der Waals surface area contributed by atoms with Crippen LogP contribution in [0, 0.1) is 11.8 Å². The van der Waals surface area contributed by atoms with Gasteiger partial charge in [-0.25, -0.2) is 8.42 Å². The fraction of sp³-hybridized carbons (Fsp3) is 0.375. The van der Waals surface area contributed by atoms with Gasteiger partial charge >= 0.3 is 0 Å². The molecule has 1 aliphatic rings. The Hall–Kier alpha value is -3.67. The predicted octanol–water partition coefficient (Wildman–Crippen LogP) is 4.43. The summed E-state index contributed by atoms with van der Waals surface area (Å²) in [4.78, 5) is 6.03. The molecule has 1 aromatic heterocycles. The molecule has 0 spiro atoms. The lowest BCUT2D eigenvalue weighted by atomic mass is 9.90. The minimum atomic E-state index is -3.85. The van der Waals surface area contributed by atoms with Gasteiger partial charge in [-0.15, -0.1) is 0 Å². The van der Waals surface area contributed by atoms with Gasteiger partial charge in [-0.1, -0.05) is 124 Å². The van der Waals surface area contributed by atoms with Crippen molar-refractivity contribution in [1.82, 2.24) is 20.2 Å². The second-order valence-corrected chi connectivity index (χ2v) is 18.4. The largest absolute Gasteiger partial charge is 0.401 e. The van der Waals surface area contributed by atoms with Crippen LogP contribution in [0.5, 0.6) is 0 Å². The van der Waals surface area contributed by atoms with E-state index in [0.29, 0.717) is 11.4 Å². The lowest BCUT2D eigenvalue weighted by Crippen LogP contribution is -2.68. The maximum absolute atomic E-state index is 13.5.